The van der Waals surface area contributed by atoms with Crippen LogP contribution in [0.3, 0.4) is 0 Å². The van der Waals surface area contributed by atoms with Crippen LogP contribution in [-0.2, 0) is 0 Å². The molecule has 0 aliphatic carbocycles. The molecule has 8 nitrogen and oxygen atoms in total. The minimum atomic E-state index is 0.862. The van der Waals surface area contributed by atoms with E-state index >= 15 is 0 Å². The van der Waals surface area contributed by atoms with Crippen LogP contribution in [0.2, 0.25) is 0 Å². The molecule has 3 N–H and O–H groups in total. The number of aromatic amines is 3. The van der Waals surface area contributed by atoms with Crippen LogP contribution >= 0.6 is 0 Å². The maximum atomic E-state index is 4.57. The van der Waals surface area contributed by atoms with Gasteiger partial charge in [0.2, 0.25) is 0 Å². The third kappa shape index (κ3) is 2.67. The van der Waals surface area contributed by atoms with Crippen molar-refractivity contribution in [3.05, 3.63) is 43.1 Å². The molecular formula is C21H20N8. The number of hydrogen-bond donors (Lipinski definition) is 3. The summed E-state index contributed by atoms with van der Waals surface area (Å²) in [5.74, 6) is 0. The molecule has 1 aliphatic heterocycles. The van der Waals surface area contributed by atoms with Gasteiger partial charge in [-0.05, 0) is 31.4 Å². The van der Waals surface area contributed by atoms with Crippen LogP contribution in [0, 0.1) is 0 Å². The lowest BCUT2D eigenvalue weighted by Crippen LogP contribution is -2.29. The fourth-order valence-electron chi connectivity index (χ4n) is 4.22. The summed E-state index contributed by atoms with van der Waals surface area (Å²) in [6, 6.07) is 4.24. The van der Waals surface area contributed by atoms with E-state index in [4.69, 9.17) is 0 Å². The summed E-state index contributed by atoms with van der Waals surface area (Å²) < 4.78 is 0. The Morgan fingerprint density at radius 2 is 1.83 bits per heavy atom. The van der Waals surface area contributed by atoms with Crippen molar-refractivity contribution in [2.24, 2.45) is 0 Å². The number of rotatable bonds is 3. The number of nitrogens with one attached hydrogen (secondary N) is 3. The van der Waals surface area contributed by atoms with Gasteiger partial charge in [0, 0.05) is 35.6 Å². The van der Waals surface area contributed by atoms with E-state index in [1.165, 1.54) is 30.3 Å². The molecule has 0 saturated carbocycles. The second-order valence-corrected chi connectivity index (χ2v) is 7.52. The summed E-state index contributed by atoms with van der Waals surface area (Å²) in [7, 11) is 0. The number of fused-ring (bicyclic) bond motifs is 2. The van der Waals surface area contributed by atoms with Gasteiger partial charge in [0.1, 0.15) is 5.69 Å². The Labute approximate surface area is 166 Å². The van der Waals surface area contributed by atoms with E-state index in [1.54, 1.807) is 6.20 Å². The van der Waals surface area contributed by atoms with E-state index < -0.39 is 0 Å². The van der Waals surface area contributed by atoms with E-state index in [0.29, 0.717) is 0 Å². The lowest BCUT2D eigenvalue weighted by molar-refractivity contribution is 0.578. The standard InChI is InChI=1S/C21H20N8/c1-2-4-29(5-3-1)20-12-22-10-18-14(20)6-17(26-18)21-15-7-16(13-8-24-25-9-13)23-11-19(15)27-28-21/h6-12,26H,1-5H2,(H,24,25)(H,27,28). The fourth-order valence-corrected chi connectivity index (χ4v) is 4.22. The number of hydrogen-bond acceptors (Lipinski definition) is 5. The molecule has 0 atom stereocenters. The highest BCUT2D eigenvalue weighted by molar-refractivity contribution is 6.00. The molecule has 6 rings (SSSR count). The van der Waals surface area contributed by atoms with Gasteiger partial charge in [-0.2, -0.15) is 10.2 Å². The smallest absolute Gasteiger partial charge is 0.116 e. The number of nitrogens with zero attached hydrogens (tertiary/aromatic N) is 5. The molecule has 0 amide bonds. The monoisotopic (exact) mass is 384 g/mol. The molecule has 1 fully saturated rings. The molecule has 1 saturated heterocycles. The SMILES string of the molecule is c1n[nH]cc1-c1cc2c(-c3cc4c(N5CCCCC5)cncc4[nH]3)n[nH]c2cn1. The van der Waals surface area contributed by atoms with Crippen molar-refractivity contribution < 1.29 is 0 Å². The molecule has 6 heterocycles. The zero-order chi connectivity index (χ0) is 19.2. The molecule has 0 spiro atoms. The molecule has 5 aromatic heterocycles. The predicted octanol–water partition coefficient (Wildman–Crippen LogP) is 3.88. The zero-order valence-electron chi connectivity index (χ0n) is 15.8. The highest BCUT2D eigenvalue weighted by atomic mass is 15.1. The van der Waals surface area contributed by atoms with Gasteiger partial charge in [-0.25, -0.2) is 0 Å². The predicted molar refractivity (Wildman–Crippen MR) is 113 cm³/mol. The quantitative estimate of drug-likeness (QED) is 0.438. The Morgan fingerprint density at radius 3 is 2.69 bits per heavy atom. The normalized spacial score (nSPS) is 14.8. The molecule has 0 aromatic carbocycles. The minimum Gasteiger partial charge on any atom is -0.370 e. The summed E-state index contributed by atoms with van der Waals surface area (Å²) in [6.07, 6.45) is 13.1. The summed E-state index contributed by atoms with van der Waals surface area (Å²) in [5, 5.41) is 16.8. The van der Waals surface area contributed by atoms with Crippen molar-refractivity contribution in [1.82, 2.24) is 35.3 Å². The van der Waals surface area contributed by atoms with Crippen molar-refractivity contribution in [2.75, 3.05) is 18.0 Å². The van der Waals surface area contributed by atoms with Gasteiger partial charge < -0.3 is 9.88 Å². The molecule has 0 radical (unpaired) electrons. The summed E-state index contributed by atoms with van der Waals surface area (Å²) in [4.78, 5) is 14.9. The van der Waals surface area contributed by atoms with Crippen LogP contribution in [0.15, 0.2) is 43.1 Å². The second-order valence-electron chi connectivity index (χ2n) is 7.52. The van der Waals surface area contributed by atoms with Crippen molar-refractivity contribution in [3.8, 4) is 22.6 Å². The number of H-pyrrole nitrogens is 3. The van der Waals surface area contributed by atoms with E-state index in [2.05, 4.69) is 46.3 Å². The first-order chi connectivity index (χ1) is 14.4. The first kappa shape index (κ1) is 16.3. The zero-order valence-corrected chi connectivity index (χ0v) is 15.8. The summed E-state index contributed by atoms with van der Waals surface area (Å²) in [5.41, 5.74) is 6.80. The van der Waals surface area contributed by atoms with Crippen LogP contribution in [0.1, 0.15) is 19.3 Å². The fraction of sp³-hybridized carbons (Fsp3) is 0.238. The first-order valence-corrected chi connectivity index (χ1v) is 9.92. The molecule has 1 aliphatic rings. The summed E-state index contributed by atoms with van der Waals surface area (Å²) >= 11 is 0. The highest BCUT2D eigenvalue weighted by Gasteiger charge is 2.18. The van der Waals surface area contributed by atoms with Crippen molar-refractivity contribution in [2.45, 2.75) is 19.3 Å². The third-order valence-electron chi connectivity index (χ3n) is 5.72. The van der Waals surface area contributed by atoms with E-state index in [-0.39, 0.29) is 0 Å². The van der Waals surface area contributed by atoms with E-state index in [1.807, 2.05) is 30.9 Å². The number of piperidine rings is 1. The van der Waals surface area contributed by atoms with Crippen molar-refractivity contribution in [1.29, 1.82) is 0 Å². The van der Waals surface area contributed by atoms with Gasteiger partial charge in [-0.15, -0.1) is 0 Å². The van der Waals surface area contributed by atoms with Gasteiger partial charge in [0.15, 0.2) is 0 Å². The van der Waals surface area contributed by atoms with Crippen molar-refractivity contribution >= 4 is 27.5 Å². The van der Waals surface area contributed by atoms with Crippen LogP contribution in [0.4, 0.5) is 5.69 Å². The number of aromatic nitrogens is 7. The van der Waals surface area contributed by atoms with Gasteiger partial charge in [0.25, 0.3) is 0 Å². The Kier molecular flexibility index (Phi) is 3.62. The molecule has 144 valence electrons. The molecule has 8 heteroatoms. The number of anilines is 1. The van der Waals surface area contributed by atoms with Crippen molar-refractivity contribution in [3.63, 3.8) is 0 Å². The Morgan fingerprint density at radius 1 is 0.897 bits per heavy atom. The molecule has 5 aromatic rings. The largest absolute Gasteiger partial charge is 0.370 e. The van der Waals surface area contributed by atoms with E-state index in [9.17, 15) is 0 Å². The summed E-state index contributed by atoms with van der Waals surface area (Å²) in [6.45, 7) is 2.18. The van der Waals surface area contributed by atoms with Gasteiger partial charge in [-0.1, -0.05) is 0 Å². The molecule has 0 unspecified atom stereocenters. The van der Waals surface area contributed by atoms with Crippen LogP contribution in [-0.4, -0.2) is 48.4 Å². The lowest BCUT2D eigenvalue weighted by atomic mass is 10.1. The Balaban J connectivity index is 1.48. The second kappa shape index (κ2) is 6.44. The molecular weight excluding hydrogens is 364 g/mol. The van der Waals surface area contributed by atoms with Crippen LogP contribution < -0.4 is 4.90 Å². The maximum Gasteiger partial charge on any atom is 0.116 e. The van der Waals surface area contributed by atoms with Crippen LogP contribution in [0.25, 0.3) is 44.5 Å². The topological polar surface area (TPSA) is 102 Å². The van der Waals surface area contributed by atoms with Gasteiger partial charge >= 0.3 is 0 Å². The van der Waals surface area contributed by atoms with Crippen LogP contribution in [0.5, 0.6) is 0 Å². The van der Waals surface area contributed by atoms with E-state index in [0.717, 1.165) is 52.2 Å². The molecule has 29 heavy (non-hydrogen) atoms. The lowest BCUT2D eigenvalue weighted by Gasteiger charge is -2.28. The Bertz CT molecular complexity index is 1290. The highest BCUT2D eigenvalue weighted by Crippen LogP contribution is 2.34. The maximum absolute atomic E-state index is 4.57. The number of pyridine rings is 2. The van der Waals surface area contributed by atoms with Gasteiger partial charge in [0.05, 0.1) is 52.9 Å². The minimum absolute atomic E-state index is 0.862. The average molecular weight is 384 g/mol. The first-order valence-electron chi connectivity index (χ1n) is 9.92. The third-order valence-corrected chi connectivity index (χ3v) is 5.72. The van der Waals surface area contributed by atoms with Gasteiger partial charge in [-0.3, -0.25) is 20.2 Å². The molecule has 0 bridgehead atoms. The average Bonchev–Trinajstić information content (AvgIpc) is 3.52. The Hall–Kier alpha value is -3.68.